The second kappa shape index (κ2) is 5.00. The number of ether oxygens (including phenoxy) is 1. The molecule has 0 spiro atoms. The fourth-order valence-electron chi connectivity index (χ4n) is 1.67. The standard InChI is InChI=1S/C12H9F4NO2/c13-8-3-1-2-4-9(8)17-10(18)5-6-11(17)19-7-12(14,15)16/h1-6,11H,7H2. The van der Waals surface area contributed by atoms with Gasteiger partial charge >= 0.3 is 6.18 Å². The van der Waals surface area contributed by atoms with E-state index in [0.29, 0.717) is 0 Å². The number of carbonyl (C=O) groups is 1. The number of alkyl halides is 3. The molecule has 7 heteroatoms. The molecular formula is C12H9F4NO2. The molecule has 1 aromatic carbocycles. The maximum Gasteiger partial charge on any atom is 0.411 e. The Morgan fingerprint density at radius 2 is 1.95 bits per heavy atom. The average molecular weight is 275 g/mol. The largest absolute Gasteiger partial charge is 0.411 e. The highest BCUT2D eigenvalue weighted by atomic mass is 19.4. The molecule has 1 aromatic rings. The van der Waals surface area contributed by atoms with Gasteiger partial charge < -0.3 is 4.74 Å². The van der Waals surface area contributed by atoms with Crippen molar-refractivity contribution >= 4 is 11.6 Å². The van der Waals surface area contributed by atoms with Gasteiger partial charge in [0.2, 0.25) is 0 Å². The van der Waals surface area contributed by atoms with Crippen molar-refractivity contribution in [2.75, 3.05) is 11.5 Å². The third-order valence-corrected chi connectivity index (χ3v) is 2.43. The van der Waals surface area contributed by atoms with E-state index in [1.54, 1.807) is 0 Å². The summed E-state index contributed by atoms with van der Waals surface area (Å²) in [6.45, 7) is -1.51. The third kappa shape index (κ3) is 3.11. The van der Waals surface area contributed by atoms with Gasteiger partial charge in [-0.15, -0.1) is 0 Å². The summed E-state index contributed by atoms with van der Waals surface area (Å²) in [4.78, 5) is 12.4. The lowest BCUT2D eigenvalue weighted by molar-refractivity contribution is -0.180. The van der Waals surface area contributed by atoms with E-state index < -0.39 is 30.7 Å². The number of halogens is 4. The topological polar surface area (TPSA) is 29.5 Å². The van der Waals surface area contributed by atoms with Crippen LogP contribution in [-0.2, 0) is 9.53 Å². The summed E-state index contributed by atoms with van der Waals surface area (Å²) in [5, 5.41) is 0. The highest BCUT2D eigenvalue weighted by molar-refractivity contribution is 6.04. The van der Waals surface area contributed by atoms with E-state index in [1.807, 2.05) is 0 Å². The van der Waals surface area contributed by atoms with E-state index in [-0.39, 0.29) is 5.69 Å². The molecule has 1 amide bonds. The van der Waals surface area contributed by atoms with Crippen LogP contribution in [0.5, 0.6) is 0 Å². The molecule has 1 atom stereocenters. The Hall–Kier alpha value is -1.89. The number of anilines is 1. The van der Waals surface area contributed by atoms with Crippen molar-refractivity contribution in [3.8, 4) is 0 Å². The Morgan fingerprint density at radius 1 is 1.26 bits per heavy atom. The molecule has 2 rings (SSSR count). The minimum Gasteiger partial charge on any atom is -0.345 e. The van der Waals surface area contributed by atoms with Gasteiger partial charge in [-0.05, 0) is 18.2 Å². The molecule has 0 N–H and O–H groups in total. The monoisotopic (exact) mass is 275 g/mol. The number of benzene rings is 1. The zero-order chi connectivity index (χ0) is 14.0. The van der Waals surface area contributed by atoms with Gasteiger partial charge in [0.1, 0.15) is 12.4 Å². The number of carbonyl (C=O) groups excluding carboxylic acids is 1. The van der Waals surface area contributed by atoms with E-state index in [1.165, 1.54) is 18.2 Å². The van der Waals surface area contributed by atoms with Crippen molar-refractivity contribution in [3.05, 3.63) is 42.2 Å². The first-order valence-electron chi connectivity index (χ1n) is 5.33. The van der Waals surface area contributed by atoms with Crippen LogP contribution in [0, 0.1) is 5.82 Å². The molecule has 0 saturated carbocycles. The highest BCUT2D eigenvalue weighted by Crippen LogP contribution is 2.27. The lowest BCUT2D eigenvalue weighted by Crippen LogP contribution is -2.38. The molecule has 3 nitrogen and oxygen atoms in total. The van der Waals surface area contributed by atoms with E-state index in [0.717, 1.165) is 23.1 Å². The van der Waals surface area contributed by atoms with Crippen molar-refractivity contribution in [2.45, 2.75) is 12.4 Å². The lowest BCUT2D eigenvalue weighted by Gasteiger charge is -2.25. The molecule has 0 radical (unpaired) electrons. The van der Waals surface area contributed by atoms with Gasteiger partial charge in [-0.1, -0.05) is 12.1 Å². The third-order valence-electron chi connectivity index (χ3n) is 2.43. The van der Waals surface area contributed by atoms with E-state index in [2.05, 4.69) is 4.74 Å². The Morgan fingerprint density at radius 3 is 2.58 bits per heavy atom. The van der Waals surface area contributed by atoms with Crippen LogP contribution in [0.2, 0.25) is 0 Å². The Labute approximate surface area is 106 Å². The number of hydrogen-bond acceptors (Lipinski definition) is 2. The van der Waals surface area contributed by atoms with E-state index >= 15 is 0 Å². The minimum atomic E-state index is -4.51. The quantitative estimate of drug-likeness (QED) is 0.794. The Balaban J connectivity index is 2.18. The number of rotatable bonds is 3. The van der Waals surface area contributed by atoms with Gasteiger partial charge in [0, 0.05) is 6.08 Å². The molecule has 0 fully saturated rings. The second-order valence-corrected chi connectivity index (χ2v) is 3.84. The molecule has 0 bridgehead atoms. The van der Waals surface area contributed by atoms with Crippen molar-refractivity contribution in [1.29, 1.82) is 0 Å². The van der Waals surface area contributed by atoms with Gasteiger partial charge in [0.25, 0.3) is 5.91 Å². The van der Waals surface area contributed by atoms with Crippen molar-refractivity contribution in [2.24, 2.45) is 0 Å². The zero-order valence-corrected chi connectivity index (χ0v) is 9.52. The molecule has 102 valence electrons. The summed E-state index contributed by atoms with van der Waals surface area (Å²) in [7, 11) is 0. The first kappa shape index (κ1) is 13.5. The molecule has 0 aliphatic carbocycles. The number of amides is 1. The first-order valence-corrected chi connectivity index (χ1v) is 5.33. The maximum atomic E-state index is 13.6. The molecule has 1 aliphatic rings. The van der Waals surface area contributed by atoms with Gasteiger partial charge in [0.15, 0.2) is 6.23 Å². The van der Waals surface area contributed by atoms with Gasteiger partial charge in [-0.25, -0.2) is 4.39 Å². The summed E-state index contributed by atoms with van der Waals surface area (Å²) < 4.78 is 54.4. The van der Waals surface area contributed by atoms with Gasteiger partial charge in [0.05, 0.1) is 5.69 Å². The molecule has 0 aromatic heterocycles. The fraction of sp³-hybridized carbons (Fsp3) is 0.250. The summed E-state index contributed by atoms with van der Waals surface area (Å²) >= 11 is 0. The van der Waals surface area contributed by atoms with Crippen LogP contribution < -0.4 is 4.90 Å². The summed E-state index contributed by atoms with van der Waals surface area (Å²) in [5.74, 6) is -1.34. The molecule has 1 heterocycles. The van der Waals surface area contributed by atoms with Crippen LogP contribution in [-0.4, -0.2) is 24.9 Å². The molecule has 0 saturated heterocycles. The van der Waals surface area contributed by atoms with Crippen LogP contribution >= 0.6 is 0 Å². The van der Waals surface area contributed by atoms with Crippen LogP contribution in [0.25, 0.3) is 0 Å². The molecular weight excluding hydrogens is 266 g/mol. The first-order chi connectivity index (χ1) is 8.88. The summed E-state index contributed by atoms with van der Waals surface area (Å²) in [5.41, 5.74) is -0.121. The zero-order valence-electron chi connectivity index (χ0n) is 9.52. The van der Waals surface area contributed by atoms with E-state index in [4.69, 9.17) is 0 Å². The smallest absolute Gasteiger partial charge is 0.345 e. The summed E-state index contributed by atoms with van der Waals surface area (Å²) in [6.07, 6.45) is -3.57. The predicted molar refractivity (Wildman–Crippen MR) is 58.8 cm³/mol. The van der Waals surface area contributed by atoms with Crippen LogP contribution in [0.1, 0.15) is 0 Å². The SMILES string of the molecule is O=C1C=CC(OCC(F)(F)F)N1c1ccccc1F. The maximum absolute atomic E-state index is 13.6. The van der Waals surface area contributed by atoms with Crippen LogP contribution in [0.3, 0.4) is 0 Å². The predicted octanol–water partition coefficient (Wildman–Crippen LogP) is 2.63. The molecule has 1 aliphatic heterocycles. The van der Waals surface area contributed by atoms with Crippen molar-refractivity contribution < 1.29 is 27.1 Å². The second-order valence-electron chi connectivity index (χ2n) is 3.84. The van der Waals surface area contributed by atoms with Crippen LogP contribution in [0.15, 0.2) is 36.4 Å². The molecule has 19 heavy (non-hydrogen) atoms. The Bertz CT molecular complexity index is 513. The number of para-hydroxylation sites is 1. The fourth-order valence-corrected chi connectivity index (χ4v) is 1.67. The number of hydrogen-bond donors (Lipinski definition) is 0. The van der Waals surface area contributed by atoms with Crippen LogP contribution in [0.4, 0.5) is 23.2 Å². The molecule has 1 unspecified atom stereocenters. The number of nitrogens with zero attached hydrogens (tertiary/aromatic N) is 1. The summed E-state index contributed by atoms with van der Waals surface area (Å²) in [6, 6.07) is 5.30. The van der Waals surface area contributed by atoms with Crippen molar-refractivity contribution in [1.82, 2.24) is 0 Å². The minimum absolute atomic E-state index is 0.121. The average Bonchev–Trinajstić information content (AvgIpc) is 2.68. The van der Waals surface area contributed by atoms with Gasteiger partial charge in [-0.2, -0.15) is 13.2 Å². The lowest BCUT2D eigenvalue weighted by atomic mass is 10.3. The highest BCUT2D eigenvalue weighted by Gasteiger charge is 2.34. The normalized spacial score (nSPS) is 19.3. The van der Waals surface area contributed by atoms with Gasteiger partial charge in [-0.3, -0.25) is 9.69 Å². The van der Waals surface area contributed by atoms with E-state index in [9.17, 15) is 22.4 Å². The Kier molecular flexibility index (Phi) is 3.57. The van der Waals surface area contributed by atoms with Crippen molar-refractivity contribution in [3.63, 3.8) is 0 Å².